The van der Waals surface area contributed by atoms with Crippen LogP contribution in [0.4, 0.5) is 4.79 Å². The number of esters is 1. The highest BCUT2D eigenvalue weighted by Crippen LogP contribution is 2.13. The highest BCUT2D eigenvalue weighted by molar-refractivity contribution is 7.86. The molecule has 8 nitrogen and oxygen atoms in total. The van der Waals surface area contributed by atoms with Crippen molar-refractivity contribution in [3.05, 3.63) is 30.3 Å². The molecule has 9 heteroatoms. The molecular weight excluding hydrogens is 388 g/mol. The Balaban J connectivity index is 2.21. The van der Waals surface area contributed by atoms with Gasteiger partial charge in [0.1, 0.15) is 0 Å². The Morgan fingerprint density at radius 3 is 2.18 bits per heavy atom. The molecule has 0 aliphatic rings. The van der Waals surface area contributed by atoms with E-state index in [0.29, 0.717) is 6.42 Å². The lowest BCUT2D eigenvalue weighted by Gasteiger charge is -2.13. The molecule has 0 saturated carbocycles. The number of rotatable bonds is 13. The number of carbonyl (C=O) groups is 2. The highest BCUT2D eigenvalue weighted by Gasteiger charge is 2.21. The highest BCUT2D eigenvalue weighted by atomic mass is 32.2. The molecule has 0 radical (unpaired) electrons. The van der Waals surface area contributed by atoms with E-state index in [1.54, 1.807) is 6.07 Å². The van der Waals surface area contributed by atoms with Crippen LogP contribution in [0.1, 0.15) is 65.2 Å². The minimum absolute atomic E-state index is 0.183. The van der Waals surface area contributed by atoms with Crippen molar-refractivity contribution in [2.45, 2.75) is 76.4 Å². The zero-order valence-electron chi connectivity index (χ0n) is 16.3. The van der Waals surface area contributed by atoms with Crippen LogP contribution in [0, 0.1) is 0 Å². The molecule has 0 aliphatic carbocycles. The van der Waals surface area contributed by atoms with Gasteiger partial charge in [-0.2, -0.15) is 8.42 Å². The third-order valence-corrected chi connectivity index (χ3v) is 4.86. The minimum Gasteiger partial charge on any atom is -0.425 e. The zero-order chi connectivity index (χ0) is 20.8. The van der Waals surface area contributed by atoms with E-state index in [0.717, 1.165) is 19.3 Å². The monoisotopic (exact) mass is 416 g/mol. The first-order valence-electron chi connectivity index (χ1n) is 9.41. The zero-order valence-corrected chi connectivity index (χ0v) is 17.1. The maximum Gasteiger partial charge on any atom is 0.544 e. The molecule has 0 bridgehead atoms. The van der Waals surface area contributed by atoms with E-state index in [1.165, 1.54) is 50.5 Å². The van der Waals surface area contributed by atoms with Crippen LogP contribution >= 0.6 is 0 Å². The van der Waals surface area contributed by atoms with Crippen molar-refractivity contribution in [2.24, 2.45) is 0 Å². The Bertz CT molecular complexity index is 687. The van der Waals surface area contributed by atoms with Crippen molar-refractivity contribution in [3.8, 4) is 0 Å². The first-order chi connectivity index (χ1) is 13.3. The number of unbranched alkanes of at least 4 members (excludes halogenated alkanes) is 6. The smallest absolute Gasteiger partial charge is 0.425 e. The fourth-order valence-electron chi connectivity index (χ4n) is 2.35. The standard InChI is InChI=1S/C19H28O8S/c1-3-4-5-6-7-8-12-15-18(20)24-16(2)25-19(21)26-27-28(22,23)17-13-10-9-11-14-17/h9-11,13-14,16H,3-8,12,15H2,1-2H3. The average molecular weight is 416 g/mol. The summed E-state index contributed by atoms with van der Waals surface area (Å²) in [7, 11) is -4.27. The van der Waals surface area contributed by atoms with Crippen LogP contribution in [0.3, 0.4) is 0 Å². The molecule has 0 heterocycles. The number of carbonyl (C=O) groups excluding carboxylic acids is 2. The van der Waals surface area contributed by atoms with E-state index >= 15 is 0 Å². The second kappa shape index (κ2) is 13.1. The molecule has 1 atom stereocenters. The SMILES string of the molecule is CCCCCCCCCC(=O)OC(C)OC(=O)OOS(=O)(=O)c1ccccc1. The maximum atomic E-state index is 11.8. The summed E-state index contributed by atoms with van der Waals surface area (Å²) in [5, 5.41) is 0. The van der Waals surface area contributed by atoms with Gasteiger partial charge in [0.25, 0.3) is 0 Å². The van der Waals surface area contributed by atoms with E-state index < -0.39 is 28.5 Å². The third-order valence-electron chi connectivity index (χ3n) is 3.77. The Morgan fingerprint density at radius 2 is 1.54 bits per heavy atom. The number of hydrogen-bond donors (Lipinski definition) is 0. The van der Waals surface area contributed by atoms with Gasteiger partial charge in [0.2, 0.25) is 6.29 Å². The third kappa shape index (κ3) is 10.3. The molecule has 0 fully saturated rings. The summed E-state index contributed by atoms with van der Waals surface area (Å²) in [6.45, 7) is 3.47. The molecule has 1 aromatic rings. The van der Waals surface area contributed by atoms with Crippen LogP contribution in [0.2, 0.25) is 0 Å². The van der Waals surface area contributed by atoms with E-state index in [1.807, 2.05) is 0 Å². The quantitative estimate of drug-likeness (QED) is 0.152. The van der Waals surface area contributed by atoms with Gasteiger partial charge in [-0.25, -0.2) is 9.68 Å². The summed E-state index contributed by atoms with van der Waals surface area (Å²) in [4.78, 5) is 27.1. The topological polar surface area (TPSA) is 105 Å². The molecule has 1 aromatic carbocycles. The molecular formula is C19H28O8S. The van der Waals surface area contributed by atoms with Crippen molar-refractivity contribution in [1.82, 2.24) is 0 Å². The normalized spacial score (nSPS) is 12.2. The molecule has 0 aromatic heterocycles. The fraction of sp³-hybridized carbons (Fsp3) is 0.579. The van der Waals surface area contributed by atoms with Gasteiger partial charge < -0.3 is 9.47 Å². The van der Waals surface area contributed by atoms with Gasteiger partial charge in [0.15, 0.2) is 0 Å². The summed E-state index contributed by atoms with van der Waals surface area (Å²) >= 11 is 0. The molecule has 1 unspecified atom stereocenters. The van der Waals surface area contributed by atoms with E-state index in [4.69, 9.17) is 4.74 Å². The van der Waals surface area contributed by atoms with Crippen molar-refractivity contribution >= 4 is 22.2 Å². The largest absolute Gasteiger partial charge is 0.544 e. The Labute approximate surface area is 166 Å². The number of hydrogen-bond acceptors (Lipinski definition) is 8. The molecule has 0 aliphatic heterocycles. The van der Waals surface area contributed by atoms with Gasteiger partial charge in [-0.1, -0.05) is 63.6 Å². The molecule has 0 spiro atoms. The first-order valence-corrected chi connectivity index (χ1v) is 10.8. The summed E-state index contributed by atoms with van der Waals surface area (Å²) in [5.74, 6) is -0.508. The first kappa shape index (κ1) is 23.9. The van der Waals surface area contributed by atoms with E-state index in [2.05, 4.69) is 20.9 Å². The Kier molecular flexibility index (Phi) is 11.2. The van der Waals surface area contributed by atoms with Gasteiger partial charge in [0.05, 0.1) is 4.90 Å². The fourth-order valence-corrected chi connectivity index (χ4v) is 3.06. The van der Waals surface area contributed by atoms with Crippen molar-refractivity contribution in [3.63, 3.8) is 0 Å². The molecule has 0 saturated heterocycles. The van der Waals surface area contributed by atoms with Crippen molar-refractivity contribution in [1.29, 1.82) is 0 Å². The summed E-state index contributed by atoms with van der Waals surface area (Å²) in [6.07, 6.45) is 5.02. The summed E-state index contributed by atoms with van der Waals surface area (Å²) < 4.78 is 37.3. The van der Waals surface area contributed by atoms with E-state index in [-0.39, 0.29) is 11.3 Å². The lowest BCUT2D eigenvalue weighted by atomic mass is 10.1. The van der Waals surface area contributed by atoms with Gasteiger partial charge in [-0.15, -0.1) is 0 Å². The second-order valence-corrected chi connectivity index (χ2v) is 7.73. The minimum atomic E-state index is -4.27. The van der Waals surface area contributed by atoms with Crippen LogP contribution < -0.4 is 0 Å². The van der Waals surface area contributed by atoms with Crippen LogP contribution in [-0.2, 0) is 33.6 Å². The van der Waals surface area contributed by atoms with Crippen LogP contribution in [0.15, 0.2) is 35.2 Å². The van der Waals surface area contributed by atoms with Gasteiger partial charge >= 0.3 is 22.2 Å². The van der Waals surface area contributed by atoms with E-state index in [9.17, 15) is 18.0 Å². The summed E-state index contributed by atoms with van der Waals surface area (Å²) in [6, 6.07) is 7.15. The molecule has 158 valence electrons. The van der Waals surface area contributed by atoms with Crippen molar-refractivity contribution < 1.29 is 36.7 Å². The van der Waals surface area contributed by atoms with Crippen molar-refractivity contribution in [2.75, 3.05) is 0 Å². The Hall–Kier alpha value is -2.13. The number of benzene rings is 1. The maximum absolute atomic E-state index is 11.8. The Morgan fingerprint density at radius 1 is 0.929 bits per heavy atom. The number of ether oxygens (including phenoxy) is 2. The predicted molar refractivity (Wildman–Crippen MR) is 100 cm³/mol. The van der Waals surface area contributed by atoms with Gasteiger partial charge in [0, 0.05) is 13.3 Å². The average Bonchev–Trinajstić information content (AvgIpc) is 2.66. The molecule has 0 N–H and O–H groups in total. The van der Waals surface area contributed by atoms with Crippen LogP contribution in [-0.4, -0.2) is 26.8 Å². The van der Waals surface area contributed by atoms with Crippen LogP contribution in [0.5, 0.6) is 0 Å². The van der Waals surface area contributed by atoms with Gasteiger partial charge in [-0.05, 0) is 22.9 Å². The lowest BCUT2D eigenvalue weighted by Crippen LogP contribution is -2.23. The lowest BCUT2D eigenvalue weighted by molar-refractivity contribution is -0.198. The van der Waals surface area contributed by atoms with Crippen LogP contribution in [0.25, 0.3) is 0 Å². The van der Waals surface area contributed by atoms with Gasteiger partial charge in [-0.3, -0.25) is 4.79 Å². The molecule has 28 heavy (non-hydrogen) atoms. The second-order valence-electron chi connectivity index (χ2n) is 6.22. The predicted octanol–water partition coefficient (Wildman–Crippen LogP) is 4.49. The molecule has 1 rings (SSSR count). The molecule has 0 amide bonds. The summed E-state index contributed by atoms with van der Waals surface area (Å²) in [5.41, 5.74) is 0.